The zero-order chi connectivity index (χ0) is 15.3. The van der Waals surface area contributed by atoms with Gasteiger partial charge in [-0.25, -0.2) is 0 Å². The first-order valence-corrected chi connectivity index (χ1v) is 9.54. The topological polar surface area (TPSA) is 15.3 Å². The molecule has 0 amide bonds. The van der Waals surface area contributed by atoms with Crippen LogP contribution in [-0.2, 0) is 0 Å². The third kappa shape index (κ3) is 4.45. The summed E-state index contributed by atoms with van der Waals surface area (Å²) in [6, 6.07) is 0.665. The molecule has 3 atom stereocenters. The van der Waals surface area contributed by atoms with Crippen molar-refractivity contribution in [1.29, 1.82) is 0 Å². The highest BCUT2D eigenvalue weighted by atomic mass is 15.2. The maximum Gasteiger partial charge on any atom is 0.0308 e. The predicted octanol–water partition coefficient (Wildman–Crippen LogP) is 4.45. The fourth-order valence-corrected chi connectivity index (χ4v) is 4.74. The first-order valence-electron chi connectivity index (χ1n) is 9.54. The molecule has 2 fully saturated rings. The SMILES string of the molecule is CCCNC(C1CCCC(C)C1)C(C)(C)N1CCCCC1. The molecule has 0 radical (unpaired) electrons. The van der Waals surface area contributed by atoms with Crippen molar-refractivity contribution < 1.29 is 0 Å². The van der Waals surface area contributed by atoms with Gasteiger partial charge in [0.15, 0.2) is 0 Å². The number of rotatable bonds is 6. The van der Waals surface area contributed by atoms with E-state index in [0.717, 1.165) is 11.8 Å². The minimum absolute atomic E-state index is 0.303. The van der Waals surface area contributed by atoms with Gasteiger partial charge < -0.3 is 5.32 Å². The average Bonchev–Trinajstić information content (AvgIpc) is 2.48. The van der Waals surface area contributed by atoms with Gasteiger partial charge in [-0.15, -0.1) is 0 Å². The van der Waals surface area contributed by atoms with Gasteiger partial charge in [0.25, 0.3) is 0 Å². The van der Waals surface area contributed by atoms with Crippen molar-refractivity contribution >= 4 is 0 Å². The minimum Gasteiger partial charge on any atom is -0.312 e. The summed E-state index contributed by atoms with van der Waals surface area (Å²) in [5.41, 5.74) is 0.303. The fraction of sp³-hybridized carbons (Fsp3) is 1.00. The molecule has 2 aliphatic rings. The lowest BCUT2D eigenvalue weighted by Crippen LogP contribution is -2.62. The summed E-state index contributed by atoms with van der Waals surface area (Å²) >= 11 is 0. The lowest BCUT2D eigenvalue weighted by atomic mass is 9.72. The fourth-order valence-electron chi connectivity index (χ4n) is 4.74. The molecule has 21 heavy (non-hydrogen) atoms. The lowest BCUT2D eigenvalue weighted by molar-refractivity contribution is 0.0277. The monoisotopic (exact) mass is 294 g/mol. The van der Waals surface area contributed by atoms with Crippen LogP contribution < -0.4 is 5.32 Å². The molecule has 0 bridgehead atoms. The number of likely N-dealkylation sites (tertiary alicyclic amines) is 1. The molecule has 2 nitrogen and oxygen atoms in total. The number of nitrogens with one attached hydrogen (secondary N) is 1. The highest BCUT2D eigenvalue weighted by Gasteiger charge is 2.40. The molecule has 1 heterocycles. The van der Waals surface area contributed by atoms with Crippen LogP contribution in [0.4, 0.5) is 0 Å². The number of hydrogen-bond acceptors (Lipinski definition) is 2. The van der Waals surface area contributed by atoms with Gasteiger partial charge in [-0.3, -0.25) is 4.90 Å². The van der Waals surface area contributed by atoms with E-state index in [2.05, 4.69) is 37.9 Å². The molecule has 2 rings (SSSR count). The van der Waals surface area contributed by atoms with E-state index in [4.69, 9.17) is 0 Å². The van der Waals surface area contributed by atoms with Crippen molar-refractivity contribution in [3.05, 3.63) is 0 Å². The van der Waals surface area contributed by atoms with Crippen LogP contribution >= 0.6 is 0 Å². The average molecular weight is 295 g/mol. The van der Waals surface area contributed by atoms with Crippen LogP contribution in [0.3, 0.4) is 0 Å². The molecular weight excluding hydrogens is 256 g/mol. The molecule has 1 aliphatic carbocycles. The second kappa shape index (κ2) is 7.97. The molecule has 1 saturated heterocycles. The van der Waals surface area contributed by atoms with Gasteiger partial charge in [-0.05, 0) is 77.4 Å². The van der Waals surface area contributed by atoms with Crippen molar-refractivity contribution in [3.8, 4) is 0 Å². The third-order valence-electron chi connectivity index (χ3n) is 5.99. The normalized spacial score (nSPS) is 30.3. The molecule has 1 N–H and O–H groups in total. The largest absolute Gasteiger partial charge is 0.312 e. The third-order valence-corrected chi connectivity index (χ3v) is 5.99. The Morgan fingerprint density at radius 1 is 1.10 bits per heavy atom. The van der Waals surface area contributed by atoms with E-state index in [-0.39, 0.29) is 0 Å². The molecule has 0 spiro atoms. The number of nitrogens with zero attached hydrogens (tertiary/aromatic N) is 1. The Kier molecular flexibility index (Phi) is 6.55. The minimum atomic E-state index is 0.303. The quantitative estimate of drug-likeness (QED) is 0.779. The maximum absolute atomic E-state index is 3.96. The second-order valence-corrected chi connectivity index (χ2v) is 8.17. The summed E-state index contributed by atoms with van der Waals surface area (Å²) in [6.07, 6.45) is 11.2. The Bertz CT molecular complexity index is 294. The molecule has 2 heteroatoms. The van der Waals surface area contributed by atoms with Crippen molar-refractivity contribution in [2.24, 2.45) is 11.8 Å². The van der Waals surface area contributed by atoms with Gasteiger partial charge >= 0.3 is 0 Å². The molecule has 124 valence electrons. The van der Waals surface area contributed by atoms with E-state index in [1.54, 1.807) is 0 Å². The maximum atomic E-state index is 3.96. The van der Waals surface area contributed by atoms with Crippen LogP contribution in [0, 0.1) is 11.8 Å². The van der Waals surface area contributed by atoms with Crippen LogP contribution in [0.15, 0.2) is 0 Å². The Balaban J connectivity index is 2.08. The first kappa shape index (κ1) is 17.3. The number of piperidine rings is 1. The summed E-state index contributed by atoms with van der Waals surface area (Å²) in [6.45, 7) is 13.5. The van der Waals surface area contributed by atoms with E-state index in [1.807, 2.05) is 0 Å². The summed E-state index contributed by atoms with van der Waals surface area (Å²) in [7, 11) is 0. The van der Waals surface area contributed by atoms with Gasteiger partial charge in [0.05, 0.1) is 0 Å². The summed E-state index contributed by atoms with van der Waals surface area (Å²) in [5, 5.41) is 3.96. The molecular formula is C19H38N2. The lowest BCUT2D eigenvalue weighted by Gasteiger charge is -2.50. The van der Waals surface area contributed by atoms with E-state index >= 15 is 0 Å². The highest BCUT2D eigenvalue weighted by molar-refractivity contribution is 4.99. The zero-order valence-electron chi connectivity index (χ0n) is 15.0. The van der Waals surface area contributed by atoms with Crippen LogP contribution in [0.25, 0.3) is 0 Å². The highest BCUT2D eigenvalue weighted by Crippen LogP contribution is 2.37. The van der Waals surface area contributed by atoms with Gasteiger partial charge in [0, 0.05) is 11.6 Å². The van der Waals surface area contributed by atoms with Crippen LogP contribution in [0.1, 0.15) is 79.1 Å². The standard InChI is InChI=1S/C19H38N2/c1-5-12-20-18(17-11-9-10-16(2)15-17)19(3,4)21-13-7-6-8-14-21/h16-18,20H,5-15H2,1-4H3. The zero-order valence-corrected chi connectivity index (χ0v) is 15.0. The van der Waals surface area contributed by atoms with Crippen LogP contribution in [0.2, 0.25) is 0 Å². The van der Waals surface area contributed by atoms with Crippen molar-refractivity contribution in [2.45, 2.75) is 90.6 Å². The Morgan fingerprint density at radius 3 is 2.43 bits per heavy atom. The van der Waals surface area contributed by atoms with E-state index in [0.29, 0.717) is 11.6 Å². The van der Waals surface area contributed by atoms with Gasteiger partial charge in [-0.2, -0.15) is 0 Å². The molecule has 0 aromatic rings. The molecule has 3 unspecified atom stereocenters. The Labute approximate surface area is 133 Å². The molecule has 0 aromatic heterocycles. The van der Waals surface area contributed by atoms with Gasteiger partial charge in [0.2, 0.25) is 0 Å². The van der Waals surface area contributed by atoms with Crippen LogP contribution in [0.5, 0.6) is 0 Å². The van der Waals surface area contributed by atoms with Crippen molar-refractivity contribution in [3.63, 3.8) is 0 Å². The van der Waals surface area contributed by atoms with Crippen LogP contribution in [-0.4, -0.2) is 36.1 Å². The smallest absolute Gasteiger partial charge is 0.0308 e. The van der Waals surface area contributed by atoms with Crippen molar-refractivity contribution in [2.75, 3.05) is 19.6 Å². The predicted molar refractivity (Wildman–Crippen MR) is 92.7 cm³/mol. The molecule has 1 aliphatic heterocycles. The number of hydrogen-bond donors (Lipinski definition) is 1. The van der Waals surface area contributed by atoms with E-state index < -0.39 is 0 Å². The first-order chi connectivity index (χ1) is 10.1. The van der Waals surface area contributed by atoms with E-state index in [1.165, 1.54) is 71.0 Å². The second-order valence-electron chi connectivity index (χ2n) is 8.17. The summed E-state index contributed by atoms with van der Waals surface area (Å²) < 4.78 is 0. The Morgan fingerprint density at radius 2 is 1.81 bits per heavy atom. The van der Waals surface area contributed by atoms with Crippen molar-refractivity contribution in [1.82, 2.24) is 10.2 Å². The Hall–Kier alpha value is -0.0800. The molecule has 0 aromatic carbocycles. The van der Waals surface area contributed by atoms with Gasteiger partial charge in [-0.1, -0.05) is 33.1 Å². The van der Waals surface area contributed by atoms with E-state index in [9.17, 15) is 0 Å². The summed E-state index contributed by atoms with van der Waals surface area (Å²) in [5.74, 6) is 1.80. The van der Waals surface area contributed by atoms with Gasteiger partial charge in [0.1, 0.15) is 0 Å². The summed E-state index contributed by atoms with van der Waals surface area (Å²) in [4.78, 5) is 2.78. The molecule has 1 saturated carbocycles.